The maximum Gasteiger partial charge on any atom is 0.189 e. The van der Waals surface area contributed by atoms with E-state index in [2.05, 4.69) is 6.58 Å². The van der Waals surface area contributed by atoms with Gasteiger partial charge < -0.3 is 4.74 Å². The minimum absolute atomic E-state index is 0.169. The topological polar surface area (TPSA) is 26.3 Å². The normalized spacial score (nSPS) is 10.4. The van der Waals surface area contributed by atoms with Crippen LogP contribution in [0.25, 0.3) is 0 Å². The zero-order valence-electron chi connectivity index (χ0n) is 10.4. The van der Waals surface area contributed by atoms with Crippen LogP contribution in [0.5, 0.6) is 5.75 Å². The molecule has 0 bridgehead atoms. The molecular weight excluding hydrogens is 236 g/mol. The summed E-state index contributed by atoms with van der Waals surface area (Å²) < 4.78 is 5.58. The van der Waals surface area contributed by atoms with Crippen molar-refractivity contribution in [2.45, 2.75) is 26.7 Å². The van der Waals surface area contributed by atoms with Gasteiger partial charge in [-0.3, -0.25) is 4.79 Å². The maximum atomic E-state index is 11.8. The van der Waals surface area contributed by atoms with Gasteiger partial charge in [-0.15, -0.1) is 0 Å². The summed E-state index contributed by atoms with van der Waals surface area (Å²) in [6, 6.07) is 3.47. The fourth-order valence-electron chi connectivity index (χ4n) is 1.64. The Bertz CT molecular complexity index is 436. The first-order chi connectivity index (χ1) is 8.01. The molecule has 0 fully saturated rings. The lowest BCUT2D eigenvalue weighted by Gasteiger charge is -2.16. The predicted octanol–water partition coefficient (Wildman–Crippen LogP) is 4.23. The van der Waals surface area contributed by atoms with E-state index in [-0.39, 0.29) is 11.7 Å². The molecule has 0 unspecified atom stereocenters. The highest BCUT2D eigenvalue weighted by Gasteiger charge is 2.17. The molecule has 0 aromatic heterocycles. The number of hydrogen-bond acceptors (Lipinski definition) is 2. The van der Waals surface area contributed by atoms with Crippen molar-refractivity contribution in [3.05, 3.63) is 40.9 Å². The highest BCUT2D eigenvalue weighted by atomic mass is 35.5. The third-order valence-electron chi connectivity index (χ3n) is 2.44. The zero-order valence-corrected chi connectivity index (χ0v) is 11.2. The highest BCUT2D eigenvalue weighted by Crippen LogP contribution is 2.34. The molecule has 2 nitrogen and oxygen atoms in total. The van der Waals surface area contributed by atoms with Gasteiger partial charge in [0, 0.05) is 5.02 Å². The molecule has 1 aromatic carbocycles. The molecule has 0 amide bonds. The van der Waals surface area contributed by atoms with E-state index in [1.807, 2.05) is 26.8 Å². The molecule has 0 N–H and O–H groups in total. The van der Waals surface area contributed by atoms with Crippen molar-refractivity contribution in [1.82, 2.24) is 0 Å². The Hall–Kier alpha value is -1.28. The number of halogens is 1. The number of rotatable bonds is 5. The van der Waals surface area contributed by atoms with Crippen LogP contribution in [0.15, 0.2) is 24.8 Å². The van der Waals surface area contributed by atoms with Gasteiger partial charge >= 0.3 is 0 Å². The minimum atomic E-state index is -0.169. The zero-order chi connectivity index (χ0) is 13.0. The van der Waals surface area contributed by atoms with Crippen molar-refractivity contribution in [3.8, 4) is 5.75 Å². The Morgan fingerprint density at radius 3 is 2.65 bits per heavy atom. The largest absolute Gasteiger partial charge is 0.493 e. The number of carbonyl (C=O) groups is 1. The molecule has 1 aromatic rings. The summed E-state index contributed by atoms with van der Waals surface area (Å²) >= 11 is 6.03. The fraction of sp³-hybridized carbons (Fsp3) is 0.357. The van der Waals surface area contributed by atoms with E-state index in [9.17, 15) is 4.79 Å². The van der Waals surface area contributed by atoms with Crippen LogP contribution in [0, 0.1) is 0 Å². The third-order valence-corrected chi connectivity index (χ3v) is 2.66. The minimum Gasteiger partial charge on any atom is -0.493 e. The second kappa shape index (κ2) is 5.87. The molecule has 0 saturated heterocycles. The molecule has 0 radical (unpaired) electrons. The monoisotopic (exact) mass is 252 g/mol. The summed E-state index contributed by atoms with van der Waals surface area (Å²) in [6.07, 6.45) is 1.28. The second-order valence-electron chi connectivity index (χ2n) is 4.03. The average Bonchev–Trinajstić information content (AvgIpc) is 2.29. The quantitative estimate of drug-likeness (QED) is 0.579. The molecule has 0 atom stereocenters. The Morgan fingerprint density at radius 2 is 2.18 bits per heavy atom. The van der Waals surface area contributed by atoms with Crippen LogP contribution in [0.1, 0.15) is 42.6 Å². The van der Waals surface area contributed by atoms with Gasteiger partial charge in [-0.25, -0.2) is 0 Å². The Balaban J connectivity index is 3.45. The SMILES string of the molecule is C=CC(=O)c1cc(Cl)cc(C(C)C)c1OCC. The van der Waals surface area contributed by atoms with E-state index in [1.165, 1.54) is 6.08 Å². The van der Waals surface area contributed by atoms with Gasteiger partial charge in [0.05, 0.1) is 12.2 Å². The van der Waals surface area contributed by atoms with Crippen molar-refractivity contribution in [2.75, 3.05) is 6.61 Å². The van der Waals surface area contributed by atoms with Crippen molar-refractivity contribution in [1.29, 1.82) is 0 Å². The van der Waals surface area contributed by atoms with Crippen molar-refractivity contribution in [2.24, 2.45) is 0 Å². The standard InChI is InChI=1S/C14H17ClO2/c1-5-13(16)12-8-10(15)7-11(9(3)4)14(12)17-6-2/h5,7-9H,1,6H2,2-4H3. The lowest BCUT2D eigenvalue weighted by atomic mass is 9.97. The van der Waals surface area contributed by atoms with E-state index in [0.717, 1.165) is 5.56 Å². The first kappa shape index (κ1) is 13.8. The highest BCUT2D eigenvalue weighted by molar-refractivity contribution is 6.31. The number of carbonyl (C=O) groups excluding carboxylic acids is 1. The molecule has 0 spiro atoms. The molecule has 1 rings (SSSR count). The third kappa shape index (κ3) is 3.10. The number of benzene rings is 1. The van der Waals surface area contributed by atoms with Crippen LogP contribution < -0.4 is 4.74 Å². The van der Waals surface area contributed by atoms with Crippen molar-refractivity contribution in [3.63, 3.8) is 0 Å². The molecule has 0 aliphatic carbocycles. The van der Waals surface area contributed by atoms with E-state index in [1.54, 1.807) is 6.07 Å². The fourth-order valence-corrected chi connectivity index (χ4v) is 1.87. The lowest BCUT2D eigenvalue weighted by Crippen LogP contribution is -2.06. The molecule has 0 saturated carbocycles. The molecule has 0 heterocycles. The van der Waals surface area contributed by atoms with Gasteiger partial charge in [0.1, 0.15) is 5.75 Å². The number of ether oxygens (including phenoxy) is 1. The van der Waals surface area contributed by atoms with Crippen LogP contribution in [0.3, 0.4) is 0 Å². The molecule has 92 valence electrons. The van der Waals surface area contributed by atoms with E-state index in [4.69, 9.17) is 16.3 Å². The Kier molecular flexibility index (Phi) is 4.76. The summed E-state index contributed by atoms with van der Waals surface area (Å²) in [7, 11) is 0. The van der Waals surface area contributed by atoms with Gasteiger partial charge in [0.25, 0.3) is 0 Å². The van der Waals surface area contributed by atoms with Crippen molar-refractivity contribution < 1.29 is 9.53 Å². The van der Waals surface area contributed by atoms with E-state index < -0.39 is 0 Å². The number of ketones is 1. The van der Waals surface area contributed by atoms with E-state index >= 15 is 0 Å². The van der Waals surface area contributed by atoms with Crippen LogP contribution in [-0.2, 0) is 0 Å². The Labute approximate surface area is 107 Å². The second-order valence-corrected chi connectivity index (χ2v) is 4.46. The summed E-state index contributed by atoms with van der Waals surface area (Å²) in [5.41, 5.74) is 1.43. The van der Waals surface area contributed by atoms with Gasteiger partial charge in [-0.1, -0.05) is 32.0 Å². The average molecular weight is 253 g/mol. The molecular formula is C14H17ClO2. The molecule has 3 heteroatoms. The van der Waals surface area contributed by atoms with Crippen molar-refractivity contribution >= 4 is 17.4 Å². The first-order valence-electron chi connectivity index (χ1n) is 5.64. The predicted molar refractivity (Wildman–Crippen MR) is 71.2 cm³/mol. The van der Waals surface area contributed by atoms with Gasteiger partial charge in [-0.2, -0.15) is 0 Å². The molecule has 17 heavy (non-hydrogen) atoms. The van der Waals surface area contributed by atoms with Crippen LogP contribution in [0.2, 0.25) is 5.02 Å². The summed E-state index contributed by atoms with van der Waals surface area (Å²) in [5, 5.41) is 0.544. The summed E-state index contributed by atoms with van der Waals surface area (Å²) in [5.74, 6) is 0.696. The molecule has 0 aliphatic rings. The maximum absolute atomic E-state index is 11.8. The summed E-state index contributed by atoms with van der Waals surface area (Å²) in [6.45, 7) is 9.97. The Morgan fingerprint density at radius 1 is 1.53 bits per heavy atom. The molecule has 0 aliphatic heterocycles. The van der Waals surface area contributed by atoms with Gasteiger partial charge in [0.2, 0.25) is 0 Å². The first-order valence-corrected chi connectivity index (χ1v) is 6.02. The van der Waals surface area contributed by atoms with E-state index in [0.29, 0.717) is 22.9 Å². The van der Waals surface area contributed by atoms with Crippen LogP contribution in [0.4, 0.5) is 0 Å². The van der Waals surface area contributed by atoms with Crippen LogP contribution >= 0.6 is 11.6 Å². The smallest absolute Gasteiger partial charge is 0.189 e. The number of allylic oxidation sites excluding steroid dienone is 1. The van der Waals surface area contributed by atoms with Gasteiger partial charge in [-0.05, 0) is 36.6 Å². The lowest BCUT2D eigenvalue weighted by molar-refractivity contribution is 0.104. The van der Waals surface area contributed by atoms with Gasteiger partial charge in [0.15, 0.2) is 5.78 Å². The van der Waals surface area contributed by atoms with Crippen LogP contribution in [-0.4, -0.2) is 12.4 Å². The number of hydrogen-bond donors (Lipinski definition) is 0. The summed E-state index contributed by atoms with van der Waals surface area (Å²) in [4.78, 5) is 11.8.